The second-order valence-electron chi connectivity index (χ2n) is 4.28. The van der Waals surface area contributed by atoms with Gasteiger partial charge in [0.1, 0.15) is 10.9 Å². The highest BCUT2D eigenvalue weighted by atomic mass is 32.2. The normalized spacial score (nSPS) is 10.7. The van der Waals surface area contributed by atoms with E-state index in [1.165, 1.54) is 10.5 Å². The molecule has 19 heavy (non-hydrogen) atoms. The number of aryl methyl sites for hydroxylation is 2. The monoisotopic (exact) mass is 274 g/mol. The highest BCUT2D eigenvalue weighted by Gasteiger charge is 2.03. The van der Waals surface area contributed by atoms with E-state index in [2.05, 4.69) is 47.2 Å². The SMILES string of the molecule is CCc1cc(Sc2ccc(COC)cc2)nc(C)n1. The van der Waals surface area contributed by atoms with Crippen molar-refractivity contribution in [1.82, 2.24) is 9.97 Å². The minimum Gasteiger partial charge on any atom is -0.380 e. The van der Waals surface area contributed by atoms with E-state index in [0.29, 0.717) is 6.61 Å². The van der Waals surface area contributed by atoms with Crippen LogP contribution in [0, 0.1) is 6.92 Å². The summed E-state index contributed by atoms with van der Waals surface area (Å²) < 4.78 is 5.10. The molecule has 2 aromatic rings. The van der Waals surface area contributed by atoms with Crippen LogP contribution in [0.15, 0.2) is 40.3 Å². The van der Waals surface area contributed by atoms with Crippen LogP contribution < -0.4 is 0 Å². The first-order valence-corrected chi connectivity index (χ1v) is 7.13. The van der Waals surface area contributed by atoms with Crippen LogP contribution in [0.5, 0.6) is 0 Å². The summed E-state index contributed by atoms with van der Waals surface area (Å²) in [4.78, 5) is 10.0. The Hall–Kier alpha value is -1.39. The lowest BCUT2D eigenvalue weighted by Crippen LogP contribution is -1.95. The summed E-state index contributed by atoms with van der Waals surface area (Å²) in [5, 5.41) is 1.00. The first-order chi connectivity index (χ1) is 9.21. The third-order valence-electron chi connectivity index (χ3n) is 2.69. The molecular formula is C15H18N2OS. The Balaban J connectivity index is 2.14. The molecular weight excluding hydrogens is 256 g/mol. The molecule has 0 bridgehead atoms. The summed E-state index contributed by atoms with van der Waals surface area (Å²) in [5.74, 6) is 0.831. The van der Waals surface area contributed by atoms with Gasteiger partial charge < -0.3 is 4.74 Å². The average Bonchev–Trinajstić information content (AvgIpc) is 2.40. The Bertz CT molecular complexity index is 540. The van der Waals surface area contributed by atoms with E-state index in [1.54, 1.807) is 18.9 Å². The molecule has 1 aromatic carbocycles. The van der Waals surface area contributed by atoms with Gasteiger partial charge in [0.15, 0.2) is 0 Å². The van der Waals surface area contributed by atoms with Crippen LogP contribution in [-0.2, 0) is 17.8 Å². The molecule has 0 fully saturated rings. The maximum Gasteiger partial charge on any atom is 0.126 e. The molecule has 0 spiro atoms. The van der Waals surface area contributed by atoms with Crippen molar-refractivity contribution in [2.24, 2.45) is 0 Å². The van der Waals surface area contributed by atoms with Gasteiger partial charge in [0.2, 0.25) is 0 Å². The Morgan fingerprint density at radius 3 is 2.53 bits per heavy atom. The average molecular weight is 274 g/mol. The van der Waals surface area contributed by atoms with Crippen molar-refractivity contribution in [3.63, 3.8) is 0 Å². The molecule has 0 radical (unpaired) electrons. The van der Waals surface area contributed by atoms with Crippen molar-refractivity contribution in [2.75, 3.05) is 7.11 Å². The summed E-state index contributed by atoms with van der Waals surface area (Å²) in [6, 6.07) is 10.4. The van der Waals surface area contributed by atoms with E-state index >= 15 is 0 Å². The molecule has 0 aliphatic carbocycles. The highest BCUT2D eigenvalue weighted by molar-refractivity contribution is 7.99. The van der Waals surface area contributed by atoms with E-state index in [-0.39, 0.29) is 0 Å². The van der Waals surface area contributed by atoms with E-state index < -0.39 is 0 Å². The van der Waals surface area contributed by atoms with E-state index in [1.807, 2.05) is 6.92 Å². The number of aromatic nitrogens is 2. The number of benzene rings is 1. The molecule has 3 nitrogen and oxygen atoms in total. The van der Waals surface area contributed by atoms with Crippen molar-refractivity contribution in [1.29, 1.82) is 0 Å². The predicted molar refractivity (Wildman–Crippen MR) is 77.4 cm³/mol. The molecule has 0 N–H and O–H groups in total. The Kier molecular flexibility index (Phi) is 4.93. The van der Waals surface area contributed by atoms with Crippen LogP contribution in [0.2, 0.25) is 0 Å². The zero-order valence-electron chi connectivity index (χ0n) is 11.5. The molecule has 1 aromatic heterocycles. The summed E-state index contributed by atoms with van der Waals surface area (Å²) in [6.07, 6.45) is 0.934. The van der Waals surface area contributed by atoms with Crippen LogP contribution in [-0.4, -0.2) is 17.1 Å². The molecule has 100 valence electrons. The summed E-state index contributed by atoms with van der Waals surface area (Å²) in [5.41, 5.74) is 2.27. The molecule has 0 saturated carbocycles. The summed E-state index contributed by atoms with van der Waals surface area (Å²) in [6.45, 7) is 4.69. The van der Waals surface area contributed by atoms with Gasteiger partial charge >= 0.3 is 0 Å². The number of hydrogen-bond acceptors (Lipinski definition) is 4. The van der Waals surface area contributed by atoms with Crippen LogP contribution in [0.4, 0.5) is 0 Å². The first-order valence-electron chi connectivity index (χ1n) is 6.31. The van der Waals surface area contributed by atoms with Gasteiger partial charge in [-0.15, -0.1) is 0 Å². The smallest absolute Gasteiger partial charge is 0.126 e. The Morgan fingerprint density at radius 1 is 1.16 bits per heavy atom. The lowest BCUT2D eigenvalue weighted by molar-refractivity contribution is 0.185. The molecule has 0 unspecified atom stereocenters. The number of nitrogens with zero attached hydrogens (tertiary/aromatic N) is 2. The topological polar surface area (TPSA) is 35.0 Å². The number of hydrogen-bond donors (Lipinski definition) is 0. The maximum absolute atomic E-state index is 5.10. The second-order valence-corrected chi connectivity index (χ2v) is 5.37. The third kappa shape index (κ3) is 4.04. The van der Waals surface area contributed by atoms with Crippen LogP contribution in [0.25, 0.3) is 0 Å². The molecule has 0 aliphatic heterocycles. The van der Waals surface area contributed by atoms with Gasteiger partial charge in [0.05, 0.1) is 6.61 Å². The summed E-state index contributed by atoms with van der Waals surface area (Å²) >= 11 is 1.67. The third-order valence-corrected chi connectivity index (χ3v) is 3.61. The predicted octanol–water partition coefficient (Wildman–Crippen LogP) is 3.65. The van der Waals surface area contributed by atoms with Gasteiger partial charge in [-0.3, -0.25) is 0 Å². The maximum atomic E-state index is 5.10. The minimum atomic E-state index is 0.650. The first kappa shape index (κ1) is 14.0. The lowest BCUT2D eigenvalue weighted by Gasteiger charge is -2.05. The molecule has 4 heteroatoms. The molecule has 0 atom stereocenters. The zero-order valence-corrected chi connectivity index (χ0v) is 12.3. The molecule has 0 saturated heterocycles. The van der Waals surface area contributed by atoms with Crippen molar-refractivity contribution in [3.05, 3.63) is 47.4 Å². The van der Waals surface area contributed by atoms with Gasteiger partial charge in [-0.1, -0.05) is 30.8 Å². The van der Waals surface area contributed by atoms with Gasteiger partial charge in [-0.05, 0) is 37.1 Å². The number of methoxy groups -OCH3 is 1. The van der Waals surface area contributed by atoms with E-state index in [9.17, 15) is 0 Å². The van der Waals surface area contributed by atoms with Gasteiger partial charge in [-0.2, -0.15) is 0 Å². The molecule has 0 aliphatic rings. The quantitative estimate of drug-likeness (QED) is 0.780. The lowest BCUT2D eigenvalue weighted by atomic mass is 10.2. The second kappa shape index (κ2) is 6.68. The van der Waals surface area contributed by atoms with E-state index in [0.717, 1.165) is 23.0 Å². The van der Waals surface area contributed by atoms with Crippen molar-refractivity contribution in [2.45, 2.75) is 36.8 Å². The zero-order chi connectivity index (χ0) is 13.7. The van der Waals surface area contributed by atoms with Gasteiger partial charge in [-0.25, -0.2) is 9.97 Å². The fourth-order valence-corrected chi connectivity index (χ4v) is 2.66. The fourth-order valence-electron chi connectivity index (χ4n) is 1.77. The Labute approximate surface area is 118 Å². The van der Waals surface area contributed by atoms with Gasteiger partial charge in [0.25, 0.3) is 0 Å². The van der Waals surface area contributed by atoms with Crippen LogP contribution >= 0.6 is 11.8 Å². The van der Waals surface area contributed by atoms with Crippen molar-refractivity contribution in [3.8, 4) is 0 Å². The van der Waals surface area contributed by atoms with Crippen LogP contribution in [0.3, 0.4) is 0 Å². The largest absolute Gasteiger partial charge is 0.380 e. The molecule has 2 rings (SSSR count). The minimum absolute atomic E-state index is 0.650. The van der Waals surface area contributed by atoms with Crippen molar-refractivity contribution >= 4 is 11.8 Å². The standard InChI is InChI=1S/C15H18N2OS/c1-4-13-9-15(17-11(2)16-13)19-14-7-5-12(6-8-14)10-18-3/h5-9H,4,10H2,1-3H3. The molecule has 0 amide bonds. The summed E-state index contributed by atoms with van der Waals surface area (Å²) in [7, 11) is 1.71. The van der Waals surface area contributed by atoms with E-state index in [4.69, 9.17) is 4.74 Å². The van der Waals surface area contributed by atoms with Crippen molar-refractivity contribution < 1.29 is 4.74 Å². The van der Waals surface area contributed by atoms with Crippen LogP contribution in [0.1, 0.15) is 24.0 Å². The molecule has 1 heterocycles. The number of rotatable bonds is 5. The Morgan fingerprint density at radius 2 is 1.89 bits per heavy atom. The van der Waals surface area contributed by atoms with Gasteiger partial charge in [0, 0.05) is 17.7 Å². The fraction of sp³-hybridized carbons (Fsp3) is 0.333. The number of ether oxygens (including phenoxy) is 1. The highest BCUT2D eigenvalue weighted by Crippen LogP contribution is 2.26.